The fourth-order valence-electron chi connectivity index (χ4n) is 1.71. The highest BCUT2D eigenvalue weighted by Gasteiger charge is 2.11. The monoisotopic (exact) mass is 263 g/mol. The fraction of sp³-hybridized carbons (Fsp3) is 0.385. The van der Waals surface area contributed by atoms with E-state index < -0.39 is 0 Å². The summed E-state index contributed by atoms with van der Waals surface area (Å²) >= 11 is 1.68. The Morgan fingerprint density at radius 1 is 1.44 bits per heavy atom. The van der Waals surface area contributed by atoms with Gasteiger partial charge in [-0.3, -0.25) is 0 Å². The number of thiazole rings is 1. The molecule has 0 saturated carbocycles. The molecule has 0 aliphatic rings. The lowest BCUT2D eigenvalue weighted by molar-refractivity contribution is 0.394. The Balaban J connectivity index is 1.97. The average molecular weight is 263 g/mol. The molecule has 2 heterocycles. The van der Waals surface area contributed by atoms with Gasteiger partial charge in [0, 0.05) is 24.2 Å². The summed E-state index contributed by atoms with van der Waals surface area (Å²) in [6.45, 7) is 2.87. The zero-order valence-corrected chi connectivity index (χ0v) is 11.4. The van der Waals surface area contributed by atoms with Crippen LogP contribution < -0.4 is 10.1 Å². The van der Waals surface area contributed by atoms with Crippen molar-refractivity contribution >= 4 is 11.3 Å². The SMILES string of the molecule is CCC(NCc1cccc(OC)n1)c1nccs1. The summed E-state index contributed by atoms with van der Waals surface area (Å²) in [6, 6.07) is 6.08. The standard InChI is InChI=1S/C13H17N3OS/c1-3-11(13-14-7-8-18-13)15-9-10-5-4-6-12(16-10)17-2/h4-8,11,15H,3,9H2,1-2H3. The first-order valence-electron chi connectivity index (χ1n) is 5.96. The first-order valence-corrected chi connectivity index (χ1v) is 6.84. The highest BCUT2D eigenvalue weighted by molar-refractivity contribution is 7.09. The van der Waals surface area contributed by atoms with Crippen LogP contribution in [0.1, 0.15) is 30.1 Å². The Bertz CT molecular complexity index is 473. The van der Waals surface area contributed by atoms with Gasteiger partial charge in [0.25, 0.3) is 0 Å². The van der Waals surface area contributed by atoms with Crippen molar-refractivity contribution in [3.63, 3.8) is 0 Å². The Labute approximate surface area is 111 Å². The van der Waals surface area contributed by atoms with Gasteiger partial charge < -0.3 is 10.1 Å². The summed E-state index contributed by atoms with van der Waals surface area (Å²) in [4.78, 5) is 8.72. The van der Waals surface area contributed by atoms with E-state index in [1.165, 1.54) is 0 Å². The van der Waals surface area contributed by atoms with Crippen LogP contribution in [-0.4, -0.2) is 17.1 Å². The Morgan fingerprint density at radius 3 is 3.00 bits per heavy atom. The molecule has 0 aliphatic heterocycles. The number of nitrogens with zero attached hydrogens (tertiary/aromatic N) is 2. The highest BCUT2D eigenvalue weighted by Crippen LogP contribution is 2.19. The minimum atomic E-state index is 0.290. The lowest BCUT2D eigenvalue weighted by Crippen LogP contribution is -2.20. The smallest absolute Gasteiger partial charge is 0.213 e. The van der Waals surface area contributed by atoms with Gasteiger partial charge in [0.15, 0.2) is 0 Å². The molecule has 1 unspecified atom stereocenters. The molecule has 1 N–H and O–H groups in total. The van der Waals surface area contributed by atoms with Gasteiger partial charge in [-0.25, -0.2) is 9.97 Å². The molecule has 0 bridgehead atoms. The average Bonchev–Trinajstić information content (AvgIpc) is 2.94. The van der Waals surface area contributed by atoms with Crippen LogP contribution in [-0.2, 0) is 6.54 Å². The summed E-state index contributed by atoms with van der Waals surface area (Å²) in [7, 11) is 1.63. The molecule has 0 radical (unpaired) electrons. The number of nitrogens with one attached hydrogen (secondary N) is 1. The molecule has 0 aromatic carbocycles. The molecule has 1 atom stereocenters. The van der Waals surface area contributed by atoms with Gasteiger partial charge in [-0.1, -0.05) is 13.0 Å². The minimum Gasteiger partial charge on any atom is -0.481 e. The van der Waals surface area contributed by atoms with Crippen molar-refractivity contribution in [1.29, 1.82) is 0 Å². The number of hydrogen-bond acceptors (Lipinski definition) is 5. The summed E-state index contributed by atoms with van der Waals surface area (Å²) in [5.74, 6) is 0.650. The minimum absolute atomic E-state index is 0.290. The van der Waals surface area contributed by atoms with E-state index in [-0.39, 0.29) is 6.04 Å². The van der Waals surface area contributed by atoms with Crippen LogP contribution in [0.15, 0.2) is 29.8 Å². The summed E-state index contributed by atoms with van der Waals surface area (Å²) in [6.07, 6.45) is 2.85. The van der Waals surface area contributed by atoms with Crippen molar-refractivity contribution in [2.75, 3.05) is 7.11 Å². The summed E-state index contributed by atoms with van der Waals surface area (Å²) < 4.78 is 5.11. The third-order valence-corrected chi connectivity index (χ3v) is 3.57. The van der Waals surface area contributed by atoms with E-state index in [0.29, 0.717) is 5.88 Å². The van der Waals surface area contributed by atoms with Gasteiger partial charge in [0.1, 0.15) is 5.01 Å². The maximum Gasteiger partial charge on any atom is 0.213 e. The van der Waals surface area contributed by atoms with Gasteiger partial charge in [-0.05, 0) is 12.5 Å². The molecule has 18 heavy (non-hydrogen) atoms. The van der Waals surface area contributed by atoms with E-state index in [2.05, 4.69) is 22.2 Å². The van der Waals surface area contributed by atoms with Crippen LogP contribution in [0.5, 0.6) is 5.88 Å². The summed E-state index contributed by atoms with van der Waals surface area (Å²) in [5, 5.41) is 6.60. The largest absolute Gasteiger partial charge is 0.481 e. The Kier molecular flexibility index (Phi) is 4.66. The second-order valence-corrected chi connectivity index (χ2v) is 4.81. The van der Waals surface area contributed by atoms with Gasteiger partial charge in [0.05, 0.1) is 18.8 Å². The predicted octanol–water partition coefficient (Wildman–Crippen LogP) is 2.79. The molecule has 0 amide bonds. The second kappa shape index (κ2) is 6.47. The van der Waals surface area contributed by atoms with Crippen molar-refractivity contribution in [2.24, 2.45) is 0 Å². The third-order valence-electron chi connectivity index (χ3n) is 2.68. The number of methoxy groups -OCH3 is 1. The van der Waals surface area contributed by atoms with E-state index in [4.69, 9.17) is 4.74 Å². The van der Waals surface area contributed by atoms with Crippen LogP contribution >= 0.6 is 11.3 Å². The molecule has 4 nitrogen and oxygen atoms in total. The van der Waals surface area contributed by atoms with Gasteiger partial charge in [0.2, 0.25) is 5.88 Å². The van der Waals surface area contributed by atoms with Crippen molar-refractivity contribution < 1.29 is 4.74 Å². The zero-order valence-electron chi connectivity index (χ0n) is 10.6. The van der Waals surface area contributed by atoms with Crippen molar-refractivity contribution in [1.82, 2.24) is 15.3 Å². The van der Waals surface area contributed by atoms with E-state index >= 15 is 0 Å². The maximum absolute atomic E-state index is 5.11. The van der Waals surface area contributed by atoms with E-state index in [9.17, 15) is 0 Å². The molecule has 0 fully saturated rings. The van der Waals surface area contributed by atoms with Crippen LogP contribution in [0.4, 0.5) is 0 Å². The molecule has 0 aliphatic carbocycles. The zero-order chi connectivity index (χ0) is 12.8. The molecule has 2 aromatic heterocycles. The van der Waals surface area contributed by atoms with Crippen LogP contribution in [0, 0.1) is 0 Å². The molecular formula is C13H17N3OS. The first kappa shape index (κ1) is 13.0. The number of aromatic nitrogens is 2. The summed E-state index contributed by atoms with van der Waals surface area (Å²) in [5.41, 5.74) is 0.976. The van der Waals surface area contributed by atoms with Crippen LogP contribution in [0.25, 0.3) is 0 Å². The quantitative estimate of drug-likeness (QED) is 0.870. The van der Waals surface area contributed by atoms with Crippen LogP contribution in [0.3, 0.4) is 0 Å². The molecule has 96 valence electrons. The van der Waals surface area contributed by atoms with E-state index in [0.717, 1.165) is 23.7 Å². The normalized spacial score (nSPS) is 12.3. The number of rotatable bonds is 6. The Hall–Kier alpha value is -1.46. The van der Waals surface area contributed by atoms with Crippen molar-refractivity contribution in [3.8, 4) is 5.88 Å². The molecule has 0 spiro atoms. The lowest BCUT2D eigenvalue weighted by atomic mass is 10.2. The highest BCUT2D eigenvalue weighted by atomic mass is 32.1. The van der Waals surface area contributed by atoms with Gasteiger partial charge in [-0.2, -0.15) is 0 Å². The molecule has 2 rings (SSSR count). The van der Waals surface area contributed by atoms with Crippen LogP contribution in [0.2, 0.25) is 0 Å². The van der Waals surface area contributed by atoms with E-state index in [1.54, 1.807) is 18.4 Å². The lowest BCUT2D eigenvalue weighted by Gasteiger charge is -2.14. The topological polar surface area (TPSA) is 47.0 Å². The number of hydrogen-bond donors (Lipinski definition) is 1. The van der Waals surface area contributed by atoms with Crippen molar-refractivity contribution in [2.45, 2.75) is 25.9 Å². The maximum atomic E-state index is 5.11. The second-order valence-electron chi connectivity index (χ2n) is 3.88. The number of ether oxygens (including phenoxy) is 1. The predicted molar refractivity (Wildman–Crippen MR) is 72.8 cm³/mol. The van der Waals surface area contributed by atoms with E-state index in [1.807, 2.05) is 29.8 Å². The molecular weight excluding hydrogens is 246 g/mol. The number of pyridine rings is 1. The first-order chi connectivity index (χ1) is 8.83. The Morgan fingerprint density at radius 2 is 2.33 bits per heavy atom. The molecule has 5 heteroatoms. The fourth-order valence-corrected chi connectivity index (χ4v) is 2.51. The third kappa shape index (κ3) is 3.27. The van der Waals surface area contributed by atoms with Gasteiger partial charge in [-0.15, -0.1) is 11.3 Å². The van der Waals surface area contributed by atoms with Crippen molar-refractivity contribution in [3.05, 3.63) is 40.5 Å². The van der Waals surface area contributed by atoms with Gasteiger partial charge >= 0.3 is 0 Å². The molecule has 2 aromatic rings. The molecule has 0 saturated heterocycles.